The average molecular weight is 373 g/mol. The molecule has 2 saturated heterocycles. The van der Waals surface area contributed by atoms with E-state index in [-0.39, 0.29) is 11.9 Å². The Morgan fingerprint density at radius 1 is 1.22 bits per heavy atom. The SMILES string of the molecule is O=C(N[C@@H]1CN2CCC1C2)c1cc2ccoc2cn1.O=C(O)/C=C/C(=O)O. The molecule has 3 N–H and O–H groups in total. The van der Waals surface area contributed by atoms with Crippen LogP contribution in [-0.4, -0.2) is 63.6 Å². The number of carboxylic acid groups (broad SMARTS) is 2. The fraction of sp³-hybridized carbons (Fsp3) is 0.333. The van der Waals surface area contributed by atoms with Crippen LogP contribution in [0.25, 0.3) is 11.0 Å². The van der Waals surface area contributed by atoms with Crippen molar-refractivity contribution in [3.8, 4) is 0 Å². The maximum Gasteiger partial charge on any atom is 0.328 e. The van der Waals surface area contributed by atoms with Crippen LogP contribution >= 0.6 is 0 Å². The van der Waals surface area contributed by atoms with Crippen molar-refractivity contribution < 1.29 is 29.0 Å². The van der Waals surface area contributed by atoms with Gasteiger partial charge in [0.25, 0.3) is 5.91 Å². The lowest BCUT2D eigenvalue weighted by Gasteiger charge is -2.22. The maximum absolute atomic E-state index is 12.2. The minimum atomic E-state index is -1.26. The molecule has 27 heavy (non-hydrogen) atoms. The van der Waals surface area contributed by atoms with Gasteiger partial charge in [0.05, 0.1) is 12.5 Å². The predicted octanol–water partition coefficient (Wildman–Crippen LogP) is 0.973. The van der Waals surface area contributed by atoms with Gasteiger partial charge in [0, 0.05) is 36.7 Å². The summed E-state index contributed by atoms with van der Waals surface area (Å²) in [6.45, 7) is 3.28. The van der Waals surface area contributed by atoms with Crippen molar-refractivity contribution in [1.29, 1.82) is 0 Å². The third-order valence-corrected chi connectivity index (χ3v) is 4.59. The number of aliphatic carboxylic acids is 2. The lowest BCUT2D eigenvalue weighted by atomic mass is 10.00. The Hall–Kier alpha value is -3.20. The quantitative estimate of drug-likeness (QED) is 0.675. The fourth-order valence-electron chi connectivity index (χ4n) is 3.32. The molecule has 2 aliphatic rings. The molecule has 2 aromatic rings. The maximum atomic E-state index is 12.2. The molecule has 9 nitrogen and oxygen atoms in total. The molecule has 0 saturated carbocycles. The van der Waals surface area contributed by atoms with Gasteiger partial charge < -0.3 is 24.8 Å². The van der Waals surface area contributed by atoms with Crippen molar-refractivity contribution >= 4 is 28.8 Å². The monoisotopic (exact) mass is 373 g/mol. The zero-order chi connectivity index (χ0) is 19.4. The summed E-state index contributed by atoms with van der Waals surface area (Å²) in [5.74, 6) is -1.98. The van der Waals surface area contributed by atoms with Crippen LogP contribution < -0.4 is 5.32 Å². The van der Waals surface area contributed by atoms with Gasteiger partial charge in [-0.15, -0.1) is 0 Å². The summed E-state index contributed by atoms with van der Waals surface area (Å²) in [7, 11) is 0. The summed E-state index contributed by atoms with van der Waals surface area (Å²) in [6, 6.07) is 3.90. The van der Waals surface area contributed by atoms with Crippen molar-refractivity contribution in [3.63, 3.8) is 0 Å². The third kappa shape index (κ3) is 4.70. The molecule has 0 spiro atoms. The number of amides is 1. The van der Waals surface area contributed by atoms with Crippen molar-refractivity contribution in [3.05, 3.63) is 42.4 Å². The minimum Gasteiger partial charge on any atom is -0.478 e. The normalized spacial score (nSPS) is 23.2. The number of nitrogens with one attached hydrogen (secondary N) is 1. The van der Waals surface area contributed by atoms with E-state index in [4.69, 9.17) is 14.6 Å². The lowest BCUT2D eigenvalue weighted by Crippen LogP contribution is -2.43. The van der Waals surface area contributed by atoms with E-state index in [0.717, 1.165) is 18.5 Å². The zero-order valence-electron chi connectivity index (χ0n) is 14.4. The van der Waals surface area contributed by atoms with Crippen molar-refractivity contribution in [1.82, 2.24) is 15.2 Å². The molecule has 3 atom stereocenters. The first-order valence-electron chi connectivity index (χ1n) is 8.43. The van der Waals surface area contributed by atoms with Gasteiger partial charge >= 0.3 is 11.9 Å². The van der Waals surface area contributed by atoms with Gasteiger partial charge in [-0.3, -0.25) is 4.79 Å². The molecule has 4 heterocycles. The first-order chi connectivity index (χ1) is 12.9. The van der Waals surface area contributed by atoms with Crippen molar-refractivity contribution in [2.75, 3.05) is 19.6 Å². The number of rotatable bonds is 4. The second kappa shape index (κ2) is 8.00. The smallest absolute Gasteiger partial charge is 0.328 e. The van der Waals surface area contributed by atoms with E-state index in [0.29, 0.717) is 29.3 Å². The lowest BCUT2D eigenvalue weighted by molar-refractivity contribution is -0.134. The van der Waals surface area contributed by atoms with E-state index in [9.17, 15) is 14.4 Å². The van der Waals surface area contributed by atoms with E-state index in [2.05, 4.69) is 15.2 Å². The summed E-state index contributed by atoms with van der Waals surface area (Å²) in [4.78, 5) is 37.9. The number of fused-ring (bicyclic) bond motifs is 3. The van der Waals surface area contributed by atoms with Crippen LogP contribution in [-0.2, 0) is 9.59 Å². The molecule has 2 bridgehead atoms. The van der Waals surface area contributed by atoms with Gasteiger partial charge in [0.1, 0.15) is 5.69 Å². The second-order valence-corrected chi connectivity index (χ2v) is 6.43. The molecule has 2 fully saturated rings. The highest BCUT2D eigenvalue weighted by molar-refractivity contribution is 5.95. The molecular formula is C18H19N3O6. The number of furan rings is 1. The Balaban J connectivity index is 0.000000226. The first-order valence-corrected chi connectivity index (χ1v) is 8.43. The summed E-state index contributed by atoms with van der Waals surface area (Å²) in [5.41, 5.74) is 1.18. The number of carbonyl (C=O) groups excluding carboxylic acids is 1. The second-order valence-electron chi connectivity index (χ2n) is 6.43. The number of carboxylic acids is 2. The van der Waals surface area contributed by atoms with E-state index < -0.39 is 11.9 Å². The Kier molecular flexibility index (Phi) is 5.51. The Labute approximate surface area is 154 Å². The number of nitrogens with zero attached hydrogens (tertiary/aromatic N) is 2. The van der Waals surface area contributed by atoms with Gasteiger partial charge in [-0.1, -0.05) is 0 Å². The fourth-order valence-corrected chi connectivity index (χ4v) is 3.32. The highest BCUT2D eigenvalue weighted by Crippen LogP contribution is 2.27. The van der Waals surface area contributed by atoms with Gasteiger partial charge in [0.15, 0.2) is 5.58 Å². The molecule has 2 aliphatic heterocycles. The molecule has 0 aliphatic carbocycles. The summed E-state index contributed by atoms with van der Waals surface area (Å²) >= 11 is 0. The van der Waals surface area contributed by atoms with Gasteiger partial charge in [-0.25, -0.2) is 14.6 Å². The summed E-state index contributed by atoms with van der Waals surface area (Å²) in [6.07, 6.45) is 5.52. The van der Waals surface area contributed by atoms with Crippen LogP contribution in [0, 0.1) is 5.92 Å². The molecule has 1 amide bonds. The number of pyridine rings is 1. The number of hydrogen-bond donors (Lipinski definition) is 3. The van der Waals surface area contributed by atoms with Crippen molar-refractivity contribution in [2.24, 2.45) is 5.92 Å². The minimum absolute atomic E-state index is 0.0816. The molecule has 0 aromatic carbocycles. The first kappa shape index (κ1) is 18.6. The van der Waals surface area contributed by atoms with Crippen LogP contribution in [0.5, 0.6) is 0 Å². The predicted molar refractivity (Wildman–Crippen MR) is 94.2 cm³/mol. The zero-order valence-corrected chi connectivity index (χ0v) is 14.4. The van der Waals surface area contributed by atoms with Crippen LogP contribution in [0.2, 0.25) is 0 Å². The number of hydrogen-bond acceptors (Lipinski definition) is 6. The van der Waals surface area contributed by atoms with Gasteiger partial charge in [0.2, 0.25) is 0 Å². The molecular weight excluding hydrogens is 354 g/mol. The number of aromatic nitrogens is 1. The Bertz CT molecular complexity index is 874. The van der Waals surface area contributed by atoms with Crippen LogP contribution in [0.1, 0.15) is 16.9 Å². The molecule has 2 aromatic heterocycles. The van der Waals surface area contributed by atoms with Crippen LogP contribution in [0.3, 0.4) is 0 Å². The molecule has 9 heteroatoms. The summed E-state index contributed by atoms with van der Waals surface area (Å²) < 4.78 is 5.23. The van der Waals surface area contributed by atoms with Gasteiger partial charge in [-0.2, -0.15) is 0 Å². The molecule has 4 rings (SSSR count). The largest absolute Gasteiger partial charge is 0.478 e. The topological polar surface area (TPSA) is 133 Å². The van der Waals surface area contributed by atoms with Crippen LogP contribution in [0.4, 0.5) is 0 Å². The van der Waals surface area contributed by atoms with E-state index >= 15 is 0 Å². The highest BCUT2D eigenvalue weighted by Gasteiger charge is 2.38. The molecule has 0 radical (unpaired) electrons. The van der Waals surface area contributed by atoms with Crippen molar-refractivity contribution in [2.45, 2.75) is 12.5 Å². The Morgan fingerprint density at radius 2 is 1.96 bits per heavy atom. The van der Waals surface area contributed by atoms with Gasteiger partial charge in [-0.05, 0) is 31.0 Å². The average Bonchev–Trinajstić information content (AvgIpc) is 3.36. The standard InChI is InChI=1S/C14H15N3O2.C4H4O4/c18-14(16-12-8-17-3-1-10(12)7-17)11-5-9-2-4-19-13(9)6-15-11;5-3(6)1-2-4(7)8/h2,4-6,10,12H,1,3,7-8H2,(H,16,18);1-2H,(H,5,6)(H,7,8)/b;2-1+/t10?,12-;/m1./s1. The summed E-state index contributed by atoms with van der Waals surface area (Å²) in [5, 5.41) is 19.6. The third-order valence-electron chi connectivity index (χ3n) is 4.59. The van der Waals surface area contributed by atoms with E-state index in [1.54, 1.807) is 18.5 Å². The van der Waals surface area contributed by atoms with E-state index in [1.807, 2.05) is 6.07 Å². The molecule has 2 unspecified atom stereocenters. The van der Waals surface area contributed by atoms with E-state index in [1.165, 1.54) is 13.0 Å². The Morgan fingerprint density at radius 3 is 2.56 bits per heavy atom. The number of piperidine rings is 1. The number of carbonyl (C=O) groups is 3. The van der Waals surface area contributed by atoms with Crippen LogP contribution in [0.15, 0.2) is 41.2 Å². The molecule has 142 valence electrons. The highest BCUT2D eigenvalue weighted by atomic mass is 16.4.